The SMILES string of the molecule is CN(CC1(c2ccccc2)CC1)C(=O)NCCc1ccnn1C. The van der Waals surface area contributed by atoms with Crippen molar-refractivity contribution in [3.05, 3.63) is 53.9 Å². The first kappa shape index (κ1) is 15.6. The number of aromatic nitrogens is 2. The van der Waals surface area contributed by atoms with Gasteiger partial charge in [0.25, 0.3) is 0 Å². The highest BCUT2D eigenvalue weighted by Crippen LogP contribution is 2.48. The number of hydrogen-bond acceptors (Lipinski definition) is 2. The van der Waals surface area contributed by atoms with Crippen LogP contribution in [0.2, 0.25) is 0 Å². The molecule has 0 atom stereocenters. The lowest BCUT2D eigenvalue weighted by molar-refractivity contribution is 0.204. The monoisotopic (exact) mass is 312 g/mol. The Kier molecular flexibility index (Phi) is 4.37. The Labute approximate surface area is 137 Å². The summed E-state index contributed by atoms with van der Waals surface area (Å²) in [6.45, 7) is 1.40. The second-order valence-corrected chi connectivity index (χ2v) is 6.43. The van der Waals surface area contributed by atoms with Gasteiger partial charge in [0, 0.05) is 50.9 Å². The Hall–Kier alpha value is -2.30. The molecule has 0 aliphatic heterocycles. The van der Waals surface area contributed by atoms with E-state index in [0.717, 1.165) is 31.5 Å². The maximum Gasteiger partial charge on any atom is 0.317 e. The van der Waals surface area contributed by atoms with Gasteiger partial charge in [-0.25, -0.2) is 4.79 Å². The smallest absolute Gasteiger partial charge is 0.317 e. The number of nitrogens with zero attached hydrogens (tertiary/aromatic N) is 3. The van der Waals surface area contributed by atoms with Crippen molar-refractivity contribution in [3.63, 3.8) is 0 Å². The molecule has 5 heteroatoms. The third-order valence-electron chi connectivity index (χ3n) is 4.71. The molecular formula is C18H24N4O. The first-order chi connectivity index (χ1) is 11.1. The summed E-state index contributed by atoms with van der Waals surface area (Å²) in [6.07, 6.45) is 4.88. The first-order valence-corrected chi connectivity index (χ1v) is 8.12. The zero-order valence-corrected chi connectivity index (χ0v) is 13.8. The van der Waals surface area contributed by atoms with Crippen molar-refractivity contribution < 1.29 is 4.79 Å². The standard InChI is InChI=1S/C18H24N4O/c1-21(14-18(10-11-18)15-6-4-3-5-7-15)17(23)19-12-8-16-9-13-20-22(16)2/h3-7,9,13H,8,10-12,14H2,1-2H3,(H,19,23). The van der Waals surface area contributed by atoms with Crippen LogP contribution in [0.4, 0.5) is 4.79 Å². The quantitative estimate of drug-likeness (QED) is 0.890. The molecule has 5 nitrogen and oxygen atoms in total. The average molecular weight is 312 g/mol. The van der Waals surface area contributed by atoms with Crippen molar-refractivity contribution >= 4 is 6.03 Å². The summed E-state index contributed by atoms with van der Waals surface area (Å²) in [5.41, 5.74) is 2.63. The topological polar surface area (TPSA) is 50.2 Å². The molecule has 0 bridgehead atoms. The van der Waals surface area contributed by atoms with Gasteiger partial charge >= 0.3 is 6.03 Å². The number of rotatable bonds is 6. The van der Waals surface area contributed by atoms with Gasteiger partial charge in [-0.05, 0) is 24.5 Å². The van der Waals surface area contributed by atoms with Gasteiger partial charge in [0.2, 0.25) is 0 Å². The van der Waals surface area contributed by atoms with Gasteiger partial charge in [-0.2, -0.15) is 5.10 Å². The van der Waals surface area contributed by atoms with E-state index in [2.05, 4.69) is 34.7 Å². The second-order valence-electron chi connectivity index (χ2n) is 6.43. The predicted octanol–water partition coefficient (Wildman–Crippen LogP) is 2.34. The Morgan fingerprint density at radius 3 is 2.65 bits per heavy atom. The number of carbonyl (C=O) groups excluding carboxylic acids is 1. The van der Waals surface area contributed by atoms with Crippen LogP contribution >= 0.6 is 0 Å². The molecule has 1 fully saturated rings. The fourth-order valence-corrected chi connectivity index (χ4v) is 3.09. The van der Waals surface area contributed by atoms with E-state index in [1.807, 2.05) is 35.8 Å². The fourth-order valence-electron chi connectivity index (χ4n) is 3.09. The number of hydrogen-bond donors (Lipinski definition) is 1. The zero-order valence-electron chi connectivity index (χ0n) is 13.8. The Balaban J connectivity index is 1.49. The van der Waals surface area contributed by atoms with E-state index in [9.17, 15) is 4.79 Å². The number of aryl methyl sites for hydroxylation is 1. The van der Waals surface area contributed by atoms with Crippen LogP contribution in [0.5, 0.6) is 0 Å². The maximum absolute atomic E-state index is 12.3. The summed E-state index contributed by atoms with van der Waals surface area (Å²) in [7, 11) is 3.79. The molecule has 1 aromatic carbocycles. The molecule has 0 unspecified atom stereocenters. The van der Waals surface area contributed by atoms with Crippen molar-refractivity contribution in [3.8, 4) is 0 Å². The third kappa shape index (κ3) is 3.55. The van der Waals surface area contributed by atoms with Crippen LogP contribution < -0.4 is 5.32 Å². The molecule has 0 radical (unpaired) electrons. The summed E-state index contributed by atoms with van der Waals surface area (Å²) >= 11 is 0. The van der Waals surface area contributed by atoms with Crippen LogP contribution in [-0.2, 0) is 18.9 Å². The second kappa shape index (κ2) is 6.44. The largest absolute Gasteiger partial charge is 0.338 e. The highest BCUT2D eigenvalue weighted by Gasteiger charge is 2.45. The molecule has 2 aromatic rings. The highest BCUT2D eigenvalue weighted by atomic mass is 16.2. The van der Waals surface area contributed by atoms with Crippen LogP contribution in [0.1, 0.15) is 24.1 Å². The summed E-state index contributed by atoms with van der Waals surface area (Å²) < 4.78 is 1.84. The van der Waals surface area contributed by atoms with Gasteiger partial charge < -0.3 is 10.2 Å². The van der Waals surface area contributed by atoms with Gasteiger partial charge in [0.1, 0.15) is 0 Å². The number of carbonyl (C=O) groups is 1. The molecule has 1 heterocycles. The van der Waals surface area contributed by atoms with Crippen LogP contribution in [0.15, 0.2) is 42.6 Å². The van der Waals surface area contributed by atoms with Crippen LogP contribution in [0, 0.1) is 0 Å². The average Bonchev–Trinajstić information content (AvgIpc) is 3.24. The van der Waals surface area contributed by atoms with E-state index in [4.69, 9.17) is 0 Å². The Bertz CT molecular complexity index is 661. The predicted molar refractivity (Wildman–Crippen MR) is 90.3 cm³/mol. The van der Waals surface area contributed by atoms with Gasteiger partial charge in [-0.1, -0.05) is 30.3 Å². The number of amides is 2. The van der Waals surface area contributed by atoms with E-state index in [0.29, 0.717) is 6.54 Å². The number of urea groups is 1. The number of benzene rings is 1. The minimum Gasteiger partial charge on any atom is -0.338 e. The van der Waals surface area contributed by atoms with Crippen molar-refractivity contribution in [2.24, 2.45) is 7.05 Å². The minimum absolute atomic E-state index is 0.00521. The lowest BCUT2D eigenvalue weighted by atomic mass is 9.95. The van der Waals surface area contributed by atoms with Crippen LogP contribution in [-0.4, -0.2) is 40.8 Å². The third-order valence-corrected chi connectivity index (χ3v) is 4.71. The molecule has 2 amide bonds. The molecule has 1 aliphatic rings. The molecule has 1 aliphatic carbocycles. The Morgan fingerprint density at radius 2 is 2.04 bits per heavy atom. The molecule has 0 saturated heterocycles. The maximum atomic E-state index is 12.3. The van der Waals surface area contributed by atoms with Gasteiger partial charge in [0.05, 0.1) is 0 Å². The molecule has 1 saturated carbocycles. The molecule has 3 rings (SSSR count). The van der Waals surface area contributed by atoms with Crippen molar-refractivity contribution in [2.75, 3.05) is 20.1 Å². The van der Waals surface area contributed by atoms with E-state index in [1.165, 1.54) is 5.56 Å². The van der Waals surface area contributed by atoms with E-state index >= 15 is 0 Å². The van der Waals surface area contributed by atoms with E-state index in [-0.39, 0.29) is 11.4 Å². The highest BCUT2D eigenvalue weighted by molar-refractivity contribution is 5.74. The lowest BCUT2D eigenvalue weighted by Crippen LogP contribution is -2.42. The molecule has 0 spiro atoms. The number of nitrogens with one attached hydrogen (secondary N) is 1. The summed E-state index contributed by atoms with van der Waals surface area (Å²) in [5, 5.41) is 7.13. The van der Waals surface area contributed by atoms with Crippen LogP contribution in [0.25, 0.3) is 0 Å². The molecule has 1 N–H and O–H groups in total. The summed E-state index contributed by atoms with van der Waals surface area (Å²) in [5.74, 6) is 0. The normalized spacial score (nSPS) is 15.2. The lowest BCUT2D eigenvalue weighted by Gasteiger charge is -2.24. The zero-order chi connectivity index (χ0) is 16.3. The van der Waals surface area contributed by atoms with Crippen molar-refractivity contribution in [2.45, 2.75) is 24.7 Å². The summed E-state index contributed by atoms with van der Waals surface area (Å²) in [6, 6.07) is 12.5. The van der Waals surface area contributed by atoms with Crippen LogP contribution in [0.3, 0.4) is 0 Å². The fraction of sp³-hybridized carbons (Fsp3) is 0.444. The van der Waals surface area contributed by atoms with Gasteiger partial charge in [-0.3, -0.25) is 4.68 Å². The first-order valence-electron chi connectivity index (χ1n) is 8.12. The molecule has 1 aromatic heterocycles. The Morgan fingerprint density at radius 1 is 1.30 bits per heavy atom. The number of likely N-dealkylation sites (N-methyl/N-ethyl adjacent to an activating group) is 1. The minimum atomic E-state index is -0.00521. The van der Waals surface area contributed by atoms with E-state index in [1.54, 1.807) is 6.20 Å². The van der Waals surface area contributed by atoms with Gasteiger partial charge in [-0.15, -0.1) is 0 Å². The molecule has 23 heavy (non-hydrogen) atoms. The summed E-state index contributed by atoms with van der Waals surface area (Å²) in [4.78, 5) is 14.1. The molecule has 122 valence electrons. The van der Waals surface area contributed by atoms with Crippen molar-refractivity contribution in [1.82, 2.24) is 20.0 Å². The molecular weight excluding hydrogens is 288 g/mol. The van der Waals surface area contributed by atoms with Gasteiger partial charge in [0.15, 0.2) is 0 Å². The van der Waals surface area contributed by atoms with E-state index < -0.39 is 0 Å². The van der Waals surface area contributed by atoms with Crippen molar-refractivity contribution in [1.29, 1.82) is 0 Å².